The third-order valence-corrected chi connectivity index (χ3v) is 3.46. The quantitative estimate of drug-likeness (QED) is 0.693. The largest absolute Gasteiger partial charge is 0.476 e. The molecule has 2 aromatic heterocycles. The van der Waals surface area contributed by atoms with E-state index in [0.717, 1.165) is 5.01 Å². The fourth-order valence-corrected chi connectivity index (χ4v) is 2.23. The molecule has 0 aliphatic heterocycles. The second kappa shape index (κ2) is 7.39. The second-order valence-corrected chi connectivity index (χ2v) is 5.14. The van der Waals surface area contributed by atoms with Crippen LogP contribution in [-0.4, -0.2) is 44.7 Å². The smallest absolute Gasteiger partial charge is 0.356 e. The lowest BCUT2D eigenvalue weighted by Crippen LogP contribution is -2.38. The average Bonchev–Trinajstić information content (AvgIpc) is 3.09. The number of carbonyl (C=O) groups is 2. The van der Waals surface area contributed by atoms with Crippen LogP contribution in [0.15, 0.2) is 24.1 Å². The van der Waals surface area contributed by atoms with E-state index in [-0.39, 0.29) is 11.7 Å². The summed E-state index contributed by atoms with van der Waals surface area (Å²) in [4.78, 5) is 30.0. The molecule has 0 bridgehead atoms. The summed E-state index contributed by atoms with van der Waals surface area (Å²) in [5.74, 6) is -1.07. The van der Waals surface area contributed by atoms with Crippen LogP contribution >= 0.6 is 11.3 Å². The summed E-state index contributed by atoms with van der Waals surface area (Å²) in [5, 5.41) is 17.0. The zero-order valence-electron chi connectivity index (χ0n) is 11.2. The van der Waals surface area contributed by atoms with Crippen LogP contribution < -0.4 is 10.6 Å². The average molecular weight is 309 g/mol. The first kappa shape index (κ1) is 15.0. The van der Waals surface area contributed by atoms with Gasteiger partial charge in [0, 0.05) is 43.8 Å². The summed E-state index contributed by atoms with van der Waals surface area (Å²) < 4.78 is 1.61. The molecule has 112 valence electrons. The molecule has 9 heteroatoms. The number of nitrogens with one attached hydrogen (secondary N) is 2. The monoisotopic (exact) mass is 309 g/mol. The van der Waals surface area contributed by atoms with Crippen molar-refractivity contribution in [2.24, 2.45) is 0 Å². The molecule has 0 saturated heterocycles. The number of hydrogen-bond acceptors (Lipinski definition) is 5. The third-order valence-electron chi connectivity index (χ3n) is 2.62. The molecule has 0 aliphatic carbocycles. The van der Waals surface area contributed by atoms with Crippen LogP contribution in [-0.2, 0) is 13.0 Å². The number of hydrogen-bond donors (Lipinski definition) is 3. The Kier molecular flexibility index (Phi) is 5.27. The van der Waals surface area contributed by atoms with E-state index in [0.29, 0.717) is 26.1 Å². The van der Waals surface area contributed by atoms with Gasteiger partial charge in [0.15, 0.2) is 5.69 Å². The van der Waals surface area contributed by atoms with Crippen molar-refractivity contribution in [3.8, 4) is 0 Å². The Morgan fingerprint density at radius 1 is 1.29 bits per heavy atom. The molecule has 2 amide bonds. The first-order valence-electron chi connectivity index (χ1n) is 6.30. The number of amides is 2. The molecule has 0 aromatic carbocycles. The van der Waals surface area contributed by atoms with Gasteiger partial charge in [-0.05, 0) is 0 Å². The minimum Gasteiger partial charge on any atom is -0.476 e. The van der Waals surface area contributed by atoms with E-state index in [9.17, 15) is 9.59 Å². The van der Waals surface area contributed by atoms with E-state index in [1.54, 1.807) is 22.1 Å². The standard InChI is InChI=1S/C12H15N5O3S/c18-11(19)9-7-17(8-16-9)5-3-15-12(20)14-2-1-10-13-4-6-21-10/h4,6-8H,1-3,5H2,(H,18,19)(H2,14,15,20). The molecular formula is C12H15N5O3S. The lowest BCUT2D eigenvalue weighted by atomic mass is 10.4. The summed E-state index contributed by atoms with van der Waals surface area (Å²) >= 11 is 1.55. The lowest BCUT2D eigenvalue weighted by molar-refractivity contribution is 0.0691. The van der Waals surface area contributed by atoms with Crippen molar-refractivity contribution in [3.05, 3.63) is 34.8 Å². The normalized spacial score (nSPS) is 10.3. The van der Waals surface area contributed by atoms with Crippen LogP contribution in [0.2, 0.25) is 0 Å². The van der Waals surface area contributed by atoms with Crippen molar-refractivity contribution in [3.63, 3.8) is 0 Å². The highest BCUT2D eigenvalue weighted by Crippen LogP contribution is 2.03. The van der Waals surface area contributed by atoms with E-state index >= 15 is 0 Å². The Bertz CT molecular complexity index is 596. The van der Waals surface area contributed by atoms with E-state index in [2.05, 4.69) is 20.6 Å². The van der Waals surface area contributed by atoms with E-state index in [1.165, 1.54) is 12.5 Å². The molecule has 0 radical (unpaired) electrons. The number of carboxylic acid groups (broad SMARTS) is 1. The Hall–Kier alpha value is -2.42. The molecule has 0 aliphatic rings. The van der Waals surface area contributed by atoms with E-state index in [4.69, 9.17) is 5.11 Å². The predicted octanol–water partition coefficient (Wildman–Crippen LogP) is 0.580. The van der Waals surface area contributed by atoms with Crippen LogP contribution in [0.3, 0.4) is 0 Å². The number of imidazole rings is 1. The molecule has 8 nitrogen and oxygen atoms in total. The van der Waals surface area contributed by atoms with Crippen molar-refractivity contribution in [1.82, 2.24) is 25.2 Å². The molecule has 0 atom stereocenters. The number of carboxylic acids is 1. The van der Waals surface area contributed by atoms with Gasteiger partial charge in [0.1, 0.15) is 0 Å². The van der Waals surface area contributed by atoms with Crippen LogP contribution in [0, 0.1) is 0 Å². The van der Waals surface area contributed by atoms with Crippen molar-refractivity contribution >= 4 is 23.3 Å². The van der Waals surface area contributed by atoms with Crippen LogP contribution in [0.1, 0.15) is 15.5 Å². The number of thiazole rings is 1. The molecule has 0 unspecified atom stereocenters. The molecule has 2 rings (SSSR count). The first-order chi connectivity index (χ1) is 10.1. The predicted molar refractivity (Wildman–Crippen MR) is 76.4 cm³/mol. The van der Waals surface area contributed by atoms with Gasteiger partial charge in [-0.2, -0.15) is 0 Å². The third kappa shape index (κ3) is 4.88. The number of aromatic nitrogens is 3. The highest BCUT2D eigenvalue weighted by Gasteiger charge is 2.06. The molecule has 0 fully saturated rings. The molecule has 0 saturated carbocycles. The molecule has 3 N–H and O–H groups in total. The number of urea groups is 1. The molecule has 2 aromatic rings. The van der Waals surface area contributed by atoms with Crippen LogP contribution in [0.5, 0.6) is 0 Å². The molecular weight excluding hydrogens is 294 g/mol. The van der Waals surface area contributed by atoms with Crippen molar-refractivity contribution in [2.75, 3.05) is 13.1 Å². The maximum Gasteiger partial charge on any atom is 0.356 e. The highest BCUT2D eigenvalue weighted by atomic mass is 32.1. The number of nitrogens with zero attached hydrogens (tertiary/aromatic N) is 3. The van der Waals surface area contributed by atoms with Crippen molar-refractivity contribution in [1.29, 1.82) is 0 Å². The summed E-state index contributed by atoms with van der Waals surface area (Å²) in [6, 6.07) is -0.259. The van der Waals surface area contributed by atoms with Gasteiger partial charge in [0.25, 0.3) is 0 Å². The van der Waals surface area contributed by atoms with E-state index < -0.39 is 5.97 Å². The second-order valence-electron chi connectivity index (χ2n) is 4.16. The fraction of sp³-hybridized carbons (Fsp3) is 0.333. The molecule has 0 spiro atoms. The lowest BCUT2D eigenvalue weighted by Gasteiger charge is -2.07. The maximum atomic E-state index is 11.5. The van der Waals surface area contributed by atoms with Gasteiger partial charge in [0.2, 0.25) is 0 Å². The van der Waals surface area contributed by atoms with Gasteiger partial charge in [-0.15, -0.1) is 11.3 Å². The minimum atomic E-state index is -1.07. The van der Waals surface area contributed by atoms with E-state index in [1.807, 2.05) is 5.38 Å². The molecule has 21 heavy (non-hydrogen) atoms. The zero-order chi connectivity index (χ0) is 15.1. The zero-order valence-corrected chi connectivity index (χ0v) is 12.0. The van der Waals surface area contributed by atoms with Gasteiger partial charge in [-0.1, -0.05) is 0 Å². The Morgan fingerprint density at radius 3 is 2.76 bits per heavy atom. The maximum absolute atomic E-state index is 11.5. The Labute approximate surface area is 124 Å². The summed E-state index contributed by atoms with van der Waals surface area (Å²) in [7, 11) is 0. The van der Waals surface area contributed by atoms with Gasteiger partial charge in [0.05, 0.1) is 11.3 Å². The summed E-state index contributed by atoms with van der Waals surface area (Å²) in [5.41, 5.74) is -0.0112. The van der Waals surface area contributed by atoms with Gasteiger partial charge in [-0.3, -0.25) is 0 Å². The van der Waals surface area contributed by atoms with Crippen molar-refractivity contribution < 1.29 is 14.7 Å². The van der Waals surface area contributed by atoms with Crippen molar-refractivity contribution in [2.45, 2.75) is 13.0 Å². The highest BCUT2D eigenvalue weighted by molar-refractivity contribution is 7.09. The Morgan fingerprint density at radius 2 is 2.10 bits per heavy atom. The first-order valence-corrected chi connectivity index (χ1v) is 7.18. The topological polar surface area (TPSA) is 109 Å². The fourth-order valence-electron chi connectivity index (χ4n) is 1.61. The number of aromatic carboxylic acids is 1. The SMILES string of the molecule is O=C(NCCc1nccs1)NCCn1cnc(C(=O)O)c1. The molecule has 2 heterocycles. The number of rotatable bonds is 7. The van der Waals surface area contributed by atoms with Gasteiger partial charge < -0.3 is 20.3 Å². The summed E-state index contributed by atoms with van der Waals surface area (Å²) in [6.07, 6.45) is 5.28. The van der Waals surface area contributed by atoms with Gasteiger partial charge >= 0.3 is 12.0 Å². The summed E-state index contributed by atoms with van der Waals surface area (Å²) in [6.45, 7) is 1.37. The van der Waals surface area contributed by atoms with Crippen LogP contribution in [0.25, 0.3) is 0 Å². The minimum absolute atomic E-state index is 0.0112. The Balaban J connectivity index is 1.61. The van der Waals surface area contributed by atoms with Gasteiger partial charge in [-0.25, -0.2) is 19.6 Å². The number of carbonyl (C=O) groups excluding carboxylic acids is 1. The van der Waals surface area contributed by atoms with Crippen LogP contribution in [0.4, 0.5) is 4.79 Å².